The Labute approximate surface area is 187 Å². The number of anilines is 2. The summed E-state index contributed by atoms with van der Waals surface area (Å²) in [5.74, 6) is 1.27. The largest absolute Gasteiger partial charge is 0.478 e. The summed E-state index contributed by atoms with van der Waals surface area (Å²) in [5, 5.41) is 11.3. The molecule has 0 spiro atoms. The van der Waals surface area contributed by atoms with Crippen LogP contribution in [0, 0.1) is 0 Å². The summed E-state index contributed by atoms with van der Waals surface area (Å²) in [4.78, 5) is 21.0. The van der Waals surface area contributed by atoms with Gasteiger partial charge in [-0.2, -0.15) is 10.1 Å². The second kappa shape index (κ2) is 9.56. The number of aromatic amines is 1. The number of nitrogens with zero attached hydrogens (tertiary/aromatic N) is 4. The second-order valence-electron chi connectivity index (χ2n) is 8.55. The van der Waals surface area contributed by atoms with Crippen molar-refractivity contribution in [2.24, 2.45) is 0 Å². The van der Waals surface area contributed by atoms with Crippen LogP contribution < -0.4 is 15.0 Å². The van der Waals surface area contributed by atoms with Gasteiger partial charge in [-0.3, -0.25) is 9.89 Å². The molecule has 0 aliphatic carbocycles. The molecule has 32 heavy (non-hydrogen) atoms. The van der Waals surface area contributed by atoms with E-state index in [2.05, 4.69) is 48.5 Å². The van der Waals surface area contributed by atoms with E-state index in [1.165, 1.54) is 11.1 Å². The standard InChI is InChI=1S/C24H30N6O2/c31-21-9-7-18-8-10-22(27-24(18)26-21)32-16-2-1-11-29-12-4-13-30(15-14-29)20-6-3-5-19-17-25-28-23(19)20/h3,5-6,8,10,17H,1-2,4,7,9,11-16H2,(H,25,28)(H,26,27,31). The molecule has 4 heterocycles. The van der Waals surface area contributed by atoms with Crippen LogP contribution in [0.3, 0.4) is 0 Å². The molecule has 1 saturated heterocycles. The summed E-state index contributed by atoms with van der Waals surface area (Å²) >= 11 is 0. The molecule has 2 aliphatic rings. The van der Waals surface area contributed by atoms with Gasteiger partial charge >= 0.3 is 0 Å². The number of rotatable bonds is 7. The highest BCUT2D eigenvalue weighted by Crippen LogP contribution is 2.26. The van der Waals surface area contributed by atoms with Gasteiger partial charge in [-0.05, 0) is 56.5 Å². The average molecular weight is 435 g/mol. The van der Waals surface area contributed by atoms with E-state index in [4.69, 9.17) is 4.74 Å². The molecule has 5 rings (SSSR count). The molecule has 168 valence electrons. The van der Waals surface area contributed by atoms with Gasteiger partial charge in [0.05, 0.1) is 24.0 Å². The SMILES string of the molecule is O=C1CCc2ccc(OCCCCN3CCCN(c4cccc5cn[nH]c45)CC3)nc2N1. The minimum atomic E-state index is 0.0272. The average Bonchev–Trinajstić information content (AvgIpc) is 3.17. The maximum absolute atomic E-state index is 11.6. The summed E-state index contributed by atoms with van der Waals surface area (Å²) < 4.78 is 5.83. The molecule has 2 N–H and O–H groups in total. The Balaban J connectivity index is 1.06. The van der Waals surface area contributed by atoms with Gasteiger partial charge < -0.3 is 19.9 Å². The number of aryl methyl sites for hydroxylation is 1. The van der Waals surface area contributed by atoms with Crippen LogP contribution in [0.1, 0.15) is 31.2 Å². The first kappa shape index (κ1) is 20.8. The molecule has 1 amide bonds. The van der Waals surface area contributed by atoms with Crippen LogP contribution in [0.5, 0.6) is 5.88 Å². The zero-order valence-corrected chi connectivity index (χ0v) is 18.3. The molecule has 2 aromatic heterocycles. The van der Waals surface area contributed by atoms with Crippen molar-refractivity contribution in [1.82, 2.24) is 20.1 Å². The topological polar surface area (TPSA) is 86.4 Å². The second-order valence-corrected chi connectivity index (χ2v) is 8.55. The van der Waals surface area contributed by atoms with E-state index < -0.39 is 0 Å². The van der Waals surface area contributed by atoms with Crippen molar-refractivity contribution in [3.63, 3.8) is 0 Å². The van der Waals surface area contributed by atoms with Gasteiger partial charge in [0.1, 0.15) is 5.82 Å². The molecule has 2 aliphatic heterocycles. The van der Waals surface area contributed by atoms with Crippen LogP contribution in [0.4, 0.5) is 11.5 Å². The number of benzene rings is 1. The lowest BCUT2D eigenvalue weighted by Crippen LogP contribution is -2.31. The Morgan fingerprint density at radius 3 is 2.97 bits per heavy atom. The zero-order chi connectivity index (χ0) is 21.8. The van der Waals surface area contributed by atoms with E-state index in [0.29, 0.717) is 24.7 Å². The Hall–Kier alpha value is -3.13. The van der Waals surface area contributed by atoms with Crippen LogP contribution in [-0.4, -0.2) is 65.3 Å². The number of hydrogen-bond donors (Lipinski definition) is 2. The van der Waals surface area contributed by atoms with Crippen molar-refractivity contribution >= 4 is 28.3 Å². The van der Waals surface area contributed by atoms with E-state index in [9.17, 15) is 4.79 Å². The van der Waals surface area contributed by atoms with E-state index in [-0.39, 0.29) is 5.91 Å². The molecule has 1 fully saturated rings. The van der Waals surface area contributed by atoms with Gasteiger partial charge in [0, 0.05) is 37.5 Å². The number of ether oxygens (including phenoxy) is 1. The van der Waals surface area contributed by atoms with Crippen molar-refractivity contribution in [3.05, 3.63) is 42.1 Å². The Morgan fingerprint density at radius 1 is 1.03 bits per heavy atom. The van der Waals surface area contributed by atoms with Gasteiger partial charge in [0.2, 0.25) is 11.8 Å². The number of carbonyl (C=O) groups is 1. The predicted octanol–water partition coefficient (Wildman–Crippen LogP) is 3.21. The molecule has 0 radical (unpaired) electrons. The summed E-state index contributed by atoms with van der Waals surface area (Å²) in [6, 6.07) is 10.3. The lowest BCUT2D eigenvalue weighted by Gasteiger charge is -2.24. The number of carbonyl (C=O) groups excluding carboxylic acids is 1. The van der Waals surface area contributed by atoms with Gasteiger partial charge in [-0.25, -0.2) is 0 Å². The molecule has 3 aromatic rings. The van der Waals surface area contributed by atoms with Crippen LogP contribution in [0.15, 0.2) is 36.5 Å². The Morgan fingerprint density at radius 2 is 2.00 bits per heavy atom. The maximum atomic E-state index is 11.6. The molecule has 0 atom stereocenters. The highest BCUT2D eigenvalue weighted by Gasteiger charge is 2.18. The minimum absolute atomic E-state index is 0.0272. The van der Waals surface area contributed by atoms with Crippen LogP contribution >= 0.6 is 0 Å². The van der Waals surface area contributed by atoms with Crippen molar-refractivity contribution in [2.75, 3.05) is 49.5 Å². The molecule has 1 aromatic carbocycles. The fraction of sp³-hybridized carbons (Fsp3) is 0.458. The number of hydrogen-bond acceptors (Lipinski definition) is 6. The van der Waals surface area contributed by atoms with Crippen LogP contribution in [-0.2, 0) is 11.2 Å². The molecule has 0 saturated carbocycles. The van der Waals surface area contributed by atoms with E-state index in [0.717, 1.165) is 69.5 Å². The van der Waals surface area contributed by atoms with Gasteiger partial charge in [-0.15, -0.1) is 0 Å². The van der Waals surface area contributed by atoms with Crippen LogP contribution in [0.2, 0.25) is 0 Å². The quantitative estimate of drug-likeness (QED) is 0.556. The monoisotopic (exact) mass is 434 g/mol. The first-order valence-electron chi connectivity index (χ1n) is 11.6. The smallest absolute Gasteiger partial charge is 0.225 e. The van der Waals surface area contributed by atoms with Gasteiger partial charge in [0.15, 0.2) is 0 Å². The predicted molar refractivity (Wildman–Crippen MR) is 125 cm³/mol. The first-order chi connectivity index (χ1) is 15.8. The normalized spacial score (nSPS) is 17.1. The molecule has 8 heteroatoms. The summed E-state index contributed by atoms with van der Waals surface area (Å²) in [6.07, 6.45) is 6.41. The first-order valence-corrected chi connectivity index (χ1v) is 11.6. The fourth-order valence-electron chi connectivity index (χ4n) is 4.57. The number of aromatic nitrogens is 3. The molecule has 0 bridgehead atoms. The summed E-state index contributed by atoms with van der Waals surface area (Å²) in [7, 11) is 0. The van der Waals surface area contributed by atoms with E-state index in [1.807, 2.05) is 18.3 Å². The third-order valence-electron chi connectivity index (χ3n) is 6.33. The lowest BCUT2D eigenvalue weighted by molar-refractivity contribution is -0.116. The summed E-state index contributed by atoms with van der Waals surface area (Å²) in [5.41, 5.74) is 3.47. The number of amides is 1. The number of fused-ring (bicyclic) bond motifs is 2. The highest BCUT2D eigenvalue weighted by molar-refractivity contribution is 5.92. The third-order valence-corrected chi connectivity index (χ3v) is 6.33. The van der Waals surface area contributed by atoms with Crippen molar-refractivity contribution in [2.45, 2.75) is 32.1 Å². The van der Waals surface area contributed by atoms with Crippen molar-refractivity contribution < 1.29 is 9.53 Å². The number of nitrogens with one attached hydrogen (secondary N) is 2. The van der Waals surface area contributed by atoms with Gasteiger partial charge in [0.25, 0.3) is 0 Å². The number of unbranched alkanes of at least 4 members (excludes halogenated alkanes) is 1. The minimum Gasteiger partial charge on any atom is -0.478 e. The van der Waals surface area contributed by atoms with Gasteiger partial charge in [-0.1, -0.05) is 12.1 Å². The third kappa shape index (κ3) is 4.70. The Kier molecular flexibility index (Phi) is 6.20. The van der Waals surface area contributed by atoms with Crippen LogP contribution in [0.25, 0.3) is 10.9 Å². The number of pyridine rings is 1. The molecular formula is C24H30N6O2. The number of H-pyrrole nitrogens is 1. The van der Waals surface area contributed by atoms with Crippen molar-refractivity contribution in [3.8, 4) is 5.88 Å². The van der Waals surface area contributed by atoms with E-state index in [1.54, 1.807) is 0 Å². The number of para-hydroxylation sites is 1. The molecular weight excluding hydrogens is 404 g/mol. The molecule has 8 nitrogen and oxygen atoms in total. The molecule has 0 unspecified atom stereocenters. The summed E-state index contributed by atoms with van der Waals surface area (Å²) in [6.45, 7) is 6.01. The van der Waals surface area contributed by atoms with E-state index >= 15 is 0 Å². The zero-order valence-electron chi connectivity index (χ0n) is 18.3. The maximum Gasteiger partial charge on any atom is 0.225 e. The fourth-order valence-corrected chi connectivity index (χ4v) is 4.57. The lowest BCUT2D eigenvalue weighted by atomic mass is 10.1. The highest BCUT2D eigenvalue weighted by atomic mass is 16.5. The van der Waals surface area contributed by atoms with Crippen molar-refractivity contribution in [1.29, 1.82) is 0 Å². The Bertz CT molecular complexity index is 1080.